The third-order valence-electron chi connectivity index (χ3n) is 2.39. The Balaban J connectivity index is 2.10. The van der Waals surface area contributed by atoms with Crippen molar-refractivity contribution in [3.63, 3.8) is 0 Å². The van der Waals surface area contributed by atoms with Crippen molar-refractivity contribution in [3.05, 3.63) is 11.1 Å². The molecule has 2 atom stereocenters. The molecule has 5 nitrogen and oxygen atoms in total. The average Bonchev–Trinajstić information content (AvgIpc) is 2.65. The molecular formula is C10H15N3O2S. The van der Waals surface area contributed by atoms with Crippen LogP contribution in [-0.4, -0.2) is 41.7 Å². The van der Waals surface area contributed by atoms with E-state index in [0.29, 0.717) is 0 Å². The van der Waals surface area contributed by atoms with Gasteiger partial charge in [0.2, 0.25) is 0 Å². The van der Waals surface area contributed by atoms with Crippen molar-refractivity contribution < 1.29 is 9.94 Å². The van der Waals surface area contributed by atoms with E-state index in [4.69, 9.17) is 9.94 Å². The first kappa shape index (κ1) is 11.3. The standard InChI is InChI=1S/C10H15N3O2S/c1-7-5-13(6-8(2)15-7)10-11-3-9(16-10)4-12-14/h3-4,7-8,14H,5-6H2,1-2H3. The Morgan fingerprint density at radius 1 is 1.56 bits per heavy atom. The molecule has 0 aliphatic carbocycles. The van der Waals surface area contributed by atoms with Gasteiger partial charge in [-0.25, -0.2) is 4.98 Å². The van der Waals surface area contributed by atoms with Crippen molar-refractivity contribution >= 4 is 22.7 Å². The number of hydrogen-bond donors (Lipinski definition) is 1. The summed E-state index contributed by atoms with van der Waals surface area (Å²) in [6.45, 7) is 5.83. The Kier molecular flexibility index (Phi) is 3.40. The Labute approximate surface area is 98.4 Å². The number of ether oxygens (including phenoxy) is 1. The maximum absolute atomic E-state index is 8.44. The van der Waals surface area contributed by atoms with Crippen LogP contribution in [0.3, 0.4) is 0 Å². The number of anilines is 1. The number of aromatic nitrogens is 1. The zero-order valence-corrected chi connectivity index (χ0v) is 10.1. The summed E-state index contributed by atoms with van der Waals surface area (Å²) in [6.07, 6.45) is 3.56. The molecule has 6 heteroatoms. The predicted octanol–water partition coefficient (Wildman–Crippen LogP) is 1.56. The second-order valence-electron chi connectivity index (χ2n) is 3.95. The van der Waals surface area contributed by atoms with Gasteiger partial charge in [0.25, 0.3) is 0 Å². The molecule has 2 unspecified atom stereocenters. The Bertz CT molecular complexity index is 370. The summed E-state index contributed by atoms with van der Waals surface area (Å²) in [5.74, 6) is 0. The zero-order valence-electron chi connectivity index (χ0n) is 9.33. The van der Waals surface area contributed by atoms with Crippen molar-refractivity contribution in [3.8, 4) is 0 Å². The SMILES string of the molecule is CC1CN(c2ncc(C=NO)s2)CC(C)O1. The van der Waals surface area contributed by atoms with Gasteiger partial charge >= 0.3 is 0 Å². The van der Waals surface area contributed by atoms with Crippen LogP contribution in [0.25, 0.3) is 0 Å². The third-order valence-corrected chi connectivity index (χ3v) is 3.38. The first-order chi connectivity index (χ1) is 7.69. The van der Waals surface area contributed by atoms with Crippen LogP contribution in [0.5, 0.6) is 0 Å². The van der Waals surface area contributed by atoms with Crippen molar-refractivity contribution in [1.82, 2.24) is 4.98 Å². The summed E-state index contributed by atoms with van der Waals surface area (Å²) in [6, 6.07) is 0. The van der Waals surface area contributed by atoms with Gasteiger partial charge in [0, 0.05) is 19.3 Å². The molecule has 2 rings (SSSR count). The van der Waals surface area contributed by atoms with Crippen molar-refractivity contribution in [2.45, 2.75) is 26.1 Å². The van der Waals surface area contributed by atoms with Crippen molar-refractivity contribution in [2.24, 2.45) is 5.16 Å². The molecule has 1 aromatic rings. The molecule has 1 aliphatic rings. The lowest BCUT2D eigenvalue weighted by Gasteiger charge is -2.35. The van der Waals surface area contributed by atoms with Gasteiger partial charge in [0.1, 0.15) is 0 Å². The highest BCUT2D eigenvalue weighted by molar-refractivity contribution is 7.17. The molecule has 16 heavy (non-hydrogen) atoms. The summed E-state index contributed by atoms with van der Waals surface area (Å²) >= 11 is 1.52. The minimum absolute atomic E-state index is 0.225. The zero-order chi connectivity index (χ0) is 11.5. The van der Waals surface area contributed by atoms with E-state index in [9.17, 15) is 0 Å². The second kappa shape index (κ2) is 4.80. The molecule has 0 bridgehead atoms. The maximum atomic E-state index is 8.44. The van der Waals surface area contributed by atoms with E-state index in [0.717, 1.165) is 23.1 Å². The topological polar surface area (TPSA) is 58.0 Å². The fourth-order valence-corrected chi connectivity index (χ4v) is 2.67. The lowest BCUT2D eigenvalue weighted by molar-refractivity contribution is -0.00522. The van der Waals surface area contributed by atoms with Crippen molar-refractivity contribution in [2.75, 3.05) is 18.0 Å². The van der Waals surface area contributed by atoms with E-state index in [2.05, 4.69) is 28.9 Å². The maximum Gasteiger partial charge on any atom is 0.186 e. The van der Waals surface area contributed by atoms with E-state index in [1.807, 2.05) is 0 Å². The molecule has 0 radical (unpaired) electrons. The van der Waals surface area contributed by atoms with Crippen LogP contribution in [0, 0.1) is 0 Å². The third kappa shape index (κ3) is 2.51. The fourth-order valence-electron chi connectivity index (χ4n) is 1.87. The molecule has 88 valence electrons. The number of nitrogens with zero attached hydrogens (tertiary/aromatic N) is 3. The molecule has 1 N–H and O–H groups in total. The van der Waals surface area contributed by atoms with Crippen LogP contribution in [-0.2, 0) is 4.74 Å². The highest BCUT2D eigenvalue weighted by Gasteiger charge is 2.23. The summed E-state index contributed by atoms with van der Waals surface area (Å²) in [5, 5.41) is 12.4. The molecule has 2 heterocycles. The number of morpholine rings is 1. The van der Waals surface area contributed by atoms with Gasteiger partial charge in [0.05, 0.1) is 23.3 Å². The molecule has 1 saturated heterocycles. The smallest absolute Gasteiger partial charge is 0.186 e. The minimum Gasteiger partial charge on any atom is -0.411 e. The first-order valence-corrected chi connectivity index (χ1v) is 6.04. The van der Waals surface area contributed by atoms with Crippen LogP contribution >= 0.6 is 11.3 Å². The molecule has 0 aromatic carbocycles. The van der Waals surface area contributed by atoms with Crippen LogP contribution < -0.4 is 4.90 Å². The summed E-state index contributed by atoms with van der Waals surface area (Å²) < 4.78 is 5.66. The van der Waals surface area contributed by atoms with E-state index < -0.39 is 0 Å². The van der Waals surface area contributed by atoms with Crippen molar-refractivity contribution in [1.29, 1.82) is 0 Å². The second-order valence-corrected chi connectivity index (χ2v) is 4.99. The van der Waals surface area contributed by atoms with E-state index in [1.165, 1.54) is 17.6 Å². The molecule has 0 amide bonds. The van der Waals surface area contributed by atoms with Crippen LogP contribution in [0.15, 0.2) is 11.4 Å². The summed E-state index contributed by atoms with van der Waals surface area (Å²) in [7, 11) is 0. The Morgan fingerprint density at radius 3 is 2.88 bits per heavy atom. The first-order valence-electron chi connectivity index (χ1n) is 5.22. The molecule has 0 saturated carbocycles. The Morgan fingerprint density at radius 2 is 2.25 bits per heavy atom. The van der Waals surface area contributed by atoms with E-state index in [-0.39, 0.29) is 12.2 Å². The molecule has 1 aliphatic heterocycles. The largest absolute Gasteiger partial charge is 0.411 e. The van der Waals surface area contributed by atoms with Crippen LogP contribution in [0.1, 0.15) is 18.7 Å². The number of hydrogen-bond acceptors (Lipinski definition) is 6. The van der Waals surface area contributed by atoms with Gasteiger partial charge in [-0.1, -0.05) is 16.5 Å². The predicted molar refractivity (Wildman–Crippen MR) is 63.7 cm³/mol. The average molecular weight is 241 g/mol. The summed E-state index contributed by atoms with van der Waals surface area (Å²) in [4.78, 5) is 7.37. The quantitative estimate of drug-likeness (QED) is 0.485. The monoisotopic (exact) mass is 241 g/mol. The normalized spacial score (nSPS) is 26.5. The molecular weight excluding hydrogens is 226 g/mol. The number of rotatable bonds is 2. The van der Waals surface area contributed by atoms with Crippen LogP contribution in [0.4, 0.5) is 5.13 Å². The van der Waals surface area contributed by atoms with Gasteiger partial charge in [-0.2, -0.15) is 0 Å². The van der Waals surface area contributed by atoms with Gasteiger partial charge in [-0.05, 0) is 13.8 Å². The van der Waals surface area contributed by atoms with Gasteiger partial charge in [-0.3, -0.25) is 0 Å². The lowest BCUT2D eigenvalue weighted by Crippen LogP contribution is -2.45. The lowest BCUT2D eigenvalue weighted by atomic mass is 10.2. The van der Waals surface area contributed by atoms with E-state index in [1.54, 1.807) is 6.20 Å². The highest BCUT2D eigenvalue weighted by atomic mass is 32.1. The number of oxime groups is 1. The number of thiazole rings is 1. The molecule has 0 spiro atoms. The van der Waals surface area contributed by atoms with E-state index >= 15 is 0 Å². The van der Waals surface area contributed by atoms with Gasteiger partial charge in [0.15, 0.2) is 5.13 Å². The highest BCUT2D eigenvalue weighted by Crippen LogP contribution is 2.24. The Hall–Kier alpha value is -1.14. The fraction of sp³-hybridized carbons (Fsp3) is 0.600. The van der Waals surface area contributed by atoms with Gasteiger partial charge in [-0.15, -0.1) is 0 Å². The minimum atomic E-state index is 0.225. The molecule has 1 fully saturated rings. The molecule has 1 aromatic heterocycles. The summed E-state index contributed by atoms with van der Waals surface area (Å²) in [5.41, 5.74) is 0. The van der Waals surface area contributed by atoms with Gasteiger partial charge < -0.3 is 14.8 Å². The van der Waals surface area contributed by atoms with Crippen LogP contribution in [0.2, 0.25) is 0 Å².